The van der Waals surface area contributed by atoms with Crippen LogP contribution in [0.4, 0.5) is 0 Å². The van der Waals surface area contributed by atoms with Crippen LogP contribution in [0.1, 0.15) is 37.3 Å². The monoisotopic (exact) mass is 267 g/mol. The van der Waals surface area contributed by atoms with E-state index in [0.29, 0.717) is 10.6 Å². The molecule has 1 aromatic rings. The van der Waals surface area contributed by atoms with Crippen molar-refractivity contribution in [1.82, 2.24) is 4.90 Å². The van der Waals surface area contributed by atoms with Crippen LogP contribution in [-0.2, 0) is 4.79 Å². The topological polar surface area (TPSA) is 40.5 Å². The number of benzene rings is 1. The second-order valence-electron chi connectivity index (χ2n) is 4.71. The molecule has 1 atom stereocenters. The summed E-state index contributed by atoms with van der Waals surface area (Å²) in [7, 11) is 0. The first-order valence-electron chi connectivity index (χ1n) is 6.41. The molecular weight excluding hydrogens is 250 g/mol. The van der Waals surface area contributed by atoms with Crippen molar-refractivity contribution in [2.24, 2.45) is 0 Å². The Balaban J connectivity index is 2.27. The molecule has 0 saturated carbocycles. The normalized spacial score (nSPS) is 19.2. The molecule has 4 heteroatoms. The zero-order chi connectivity index (χ0) is 13.0. The molecule has 1 aliphatic heterocycles. The molecule has 0 aliphatic carbocycles. The van der Waals surface area contributed by atoms with Gasteiger partial charge in [0, 0.05) is 5.02 Å². The predicted octanol–water partition coefficient (Wildman–Crippen LogP) is 3.34. The minimum absolute atomic E-state index is 0.536. The van der Waals surface area contributed by atoms with Crippen LogP contribution in [0, 0.1) is 0 Å². The molecule has 1 aromatic carbocycles. The molecule has 2 rings (SSSR count). The van der Waals surface area contributed by atoms with Gasteiger partial charge in [-0.3, -0.25) is 9.69 Å². The van der Waals surface area contributed by atoms with Crippen LogP contribution in [0.2, 0.25) is 5.02 Å². The predicted molar refractivity (Wildman–Crippen MR) is 71.9 cm³/mol. The van der Waals surface area contributed by atoms with Crippen LogP contribution < -0.4 is 0 Å². The molecule has 3 nitrogen and oxygen atoms in total. The van der Waals surface area contributed by atoms with Crippen LogP contribution in [0.3, 0.4) is 0 Å². The maximum absolute atomic E-state index is 11.6. The summed E-state index contributed by atoms with van der Waals surface area (Å²) in [6.45, 7) is 1.67. The van der Waals surface area contributed by atoms with Gasteiger partial charge in [-0.2, -0.15) is 0 Å². The molecule has 0 radical (unpaired) electrons. The van der Waals surface area contributed by atoms with Crippen LogP contribution in [0.15, 0.2) is 24.3 Å². The summed E-state index contributed by atoms with van der Waals surface area (Å²) < 4.78 is 0. The molecule has 1 N–H and O–H groups in total. The minimum Gasteiger partial charge on any atom is -0.480 e. The van der Waals surface area contributed by atoms with Gasteiger partial charge in [-0.25, -0.2) is 0 Å². The molecular formula is C14H18ClNO2. The largest absolute Gasteiger partial charge is 0.480 e. The molecule has 18 heavy (non-hydrogen) atoms. The highest BCUT2D eigenvalue weighted by Crippen LogP contribution is 2.29. The van der Waals surface area contributed by atoms with Gasteiger partial charge in [-0.15, -0.1) is 0 Å². The van der Waals surface area contributed by atoms with Gasteiger partial charge in [-0.05, 0) is 37.6 Å². The van der Waals surface area contributed by atoms with E-state index in [1.54, 1.807) is 6.07 Å². The van der Waals surface area contributed by atoms with E-state index in [2.05, 4.69) is 0 Å². The van der Waals surface area contributed by atoms with Gasteiger partial charge >= 0.3 is 5.97 Å². The zero-order valence-corrected chi connectivity index (χ0v) is 11.1. The molecule has 1 aliphatic rings. The highest BCUT2D eigenvalue weighted by molar-refractivity contribution is 6.31. The maximum atomic E-state index is 11.6. The Morgan fingerprint density at radius 3 is 2.33 bits per heavy atom. The summed E-state index contributed by atoms with van der Waals surface area (Å²) in [5.41, 5.74) is 0.702. The van der Waals surface area contributed by atoms with E-state index < -0.39 is 12.0 Å². The Kier molecular flexibility index (Phi) is 4.61. The van der Waals surface area contributed by atoms with Crippen LogP contribution in [0.5, 0.6) is 0 Å². The zero-order valence-electron chi connectivity index (χ0n) is 10.3. The van der Waals surface area contributed by atoms with E-state index in [1.165, 1.54) is 12.8 Å². The molecule has 0 bridgehead atoms. The summed E-state index contributed by atoms with van der Waals surface area (Å²) in [5.74, 6) is -0.815. The molecule has 98 valence electrons. The van der Waals surface area contributed by atoms with Gasteiger partial charge < -0.3 is 5.11 Å². The van der Waals surface area contributed by atoms with Crippen molar-refractivity contribution in [3.63, 3.8) is 0 Å². The lowest BCUT2D eigenvalue weighted by atomic mass is 10.0. The number of hydrogen-bond acceptors (Lipinski definition) is 2. The number of likely N-dealkylation sites (tertiary alicyclic amines) is 1. The number of carboxylic acids is 1. The first kappa shape index (κ1) is 13.4. The first-order chi connectivity index (χ1) is 8.70. The Hall–Kier alpha value is -1.06. The number of carboxylic acid groups (broad SMARTS) is 1. The van der Waals surface area contributed by atoms with Crippen LogP contribution >= 0.6 is 11.6 Å². The third-order valence-corrected chi connectivity index (χ3v) is 3.78. The fourth-order valence-corrected chi connectivity index (χ4v) is 2.78. The van der Waals surface area contributed by atoms with Gasteiger partial charge in [0.25, 0.3) is 0 Å². The highest BCUT2D eigenvalue weighted by Gasteiger charge is 2.29. The molecule has 0 spiro atoms. The second kappa shape index (κ2) is 6.21. The second-order valence-corrected chi connectivity index (χ2v) is 5.12. The quantitative estimate of drug-likeness (QED) is 0.913. The van der Waals surface area contributed by atoms with Gasteiger partial charge in [0.1, 0.15) is 6.04 Å². The lowest BCUT2D eigenvalue weighted by Gasteiger charge is -2.28. The van der Waals surface area contributed by atoms with Gasteiger partial charge in [-0.1, -0.05) is 42.6 Å². The van der Waals surface area contributed by atoms with Crippen molar-refractivity contribution in [3.05, 3.63) is 34.9 Å². The van der Waals surface area contributed by atoms with E-state index in [0.717, 1.165) is 25.9 Å². The summed E-state index contributed by atoms with van der Waals surface area (Å²) in [5, 5.41) is 10.0. The molecule has 1 unspecified atom stereocenters. The van der Waals surface area contributed by atoms with Gasteiger partial charge in [0.2, 0.25) is 0 Å². The first-order valence-corrected chi connectivity index (χ1v) is 6.79. The Morgan fingerprint density at radius 1 is 1.17 bits per heavy atom. The number of nitrogens with zero attached hydrogens (tertiary/aromatic N) is 1. The summed E-state index contributed by atoms with van der Waals surface area (Å²) >= 11 is 6.13. The lowest BCUT2D eigenvalue weighted by Crippen LogP contribution is -2.35. The van der Waals surface area contributed by atoms with Crippen molar-refractivity contribution in [3.8, 4) is 0 Å². The average Bonchev–Trinajstić information content (AvgIpc) is 2.60. The number of halogens is 1. The SMILES string of the molecule is O=C(O)C(c1ccccc1Cl)N1CCCCCC1. The average molecular weight is 268 g/mol. The van der Waals surface area contributed by atoms with E-state index in [1.807, 2.05) is 23.1 Å². The third-order valence-electron chi connectivity index (χ3n) is 3.44. The molecule has 0 amide bonds. The maximum Gasteiger partial charge on any atom is 0.325 e. The van der Waals surface area contributed by atoms with Crippen LogP contribution in [-0.4, -0.2) is 29.1 Å². The fourth-order valence-electron chi connectivity index (χ4n) is 2.54. The molecule has 1 fully saturated rings. The highest BCUT2D eigenvalue weighted by atomic mass is 35.5. The molecule has 1 saturated heterocycles. The number of rotatable bonds is 3. The van der Waals surface area contributed by atoms with Crippen molar-refractivity contribution >= 4 is 17.6 Å². The lowest BCUT2D eigenvalue weighted by molar-refractivity contribution is -0.143. The van der Waals surface area contributed by atoms with E-state index >= 15 is 0 Å². The summed E-state index contributed by atoms with van der Waals surface area (Å²) in [6, 6.07) is 6.62. The van der Waals surface area contributed by atoms with Crippen molar-refractivity contribution in [2.45, 2.75) is 31.7 Å². The molecule has 0 aromatic heterocycles. The van der Waals surface area contributed by atoms with Crippen LogP contribution in [0.25, 0.3) is 0 Å². The van der Waals surface area contributed by atoms with Crippen molar-refractivity contribution in [2.75, 3.05) is 13.1 Å². The third kappa shape index (κ3) is 3.03. The van der Waals surface area contributed by atoms with Gasteiger partial charge in [0.15, 0.2) is 0 Å². The van der Waals surface area contributed by atoms with Gasteiger partial charge in [0.05, 0.1) is 0 Å². The summed E-state index contributed by atoms with van der Waals surface area (Å²) in [4.78, 5) is 13.6. The standard InChI is InChI=1S/C14H18ClNO2/c15-12-8-4-3-7-11(12)13(14(17)18)16-9-5-1-2-6-10-16/h3-4,7-8,13H,1-2,5-6,9-10H2,(H,17,18). The van der Waals surface area contributed by atoms with E-state index in [-0.39, 0.29) is 0 Å². The number of hydrogen-bond donors (Lipinski definition) is 1. The Morgan fingerprint density at radius 2 is 1.78 bits per heavy atom. The minimum atomic E-state index is -0.815. The molecule has 1 heterocycles. The Labute approximate surface area is 112 Å². The smallest absolute Gasteiger partial charge is 0.325 e. The number of aliphatic carboxylic acids is 1. The summed E-state index contributed by atoms with van der Waals surface area (Å²) in [6.07, 6.45) is 4.50. The van der Waals surface area contributed by atoms with E-state index in [9.17, 15) is 9.90 Å². The fraction of sp³-hybridized carbons (Fsp3) is 0.500. The van der Waals surface area contributed by atoms with Crippen molar-refractivity contribution < 1.29 is 9.90 Å². The van der Waals surface area contributed by atoms with E-state index in [4.69, 9.17) is 11.6 Å². The number of carbonyl (C=O) groups is 1. The Bertz CT molecular complexity index is 414. The van der Waals surface area contributed by atoms with Crippen molar-refractivity contribution in [1.29, 1.82) is 0 Å².